The molecule has 0 saturated carbocycles. The molecule has 0 bridgehead atoms. The Morgan fingerprint density at radius 2 is 2.00 bits per heavy atom. The van der Waals surface area contributed by atoms with Gasteiger partial charge in [0.25, 0.3) is 0 Å². The number of hydrogen-bond donors (Lipinski definition) is 2. The highest BCUT2D eigenvalue weighted by molar-refractivity contribution is 5.82. The van der Waals surface area contributed by atoms with E-state index in [-0.39, 0.29) is 31.5 Å². The molecule has 2 saturated heterocycles. The van der Waals surface area contributed by atoms with Crippen molar-refractivity contribution in [2.24, 2.45) is 0 Å². The zero-order valence-electron chi connectivity index (χ0n) is 21.8. The van der Waals surface area contributed by atoms with E-state index >= 15 is 0 Å². The highest BCUT2D eigenvalue weighted by Crippen LogP contribution is 2.32. The number of ether oxygens (including phenoxy) is 1. The summed E-state index contributed by atoms with van der Waals surface area (Å²) in [4.78, 5) is 11.3. The Morgan fingerprint density at radius 3 is 2.81 bits per heavy atom. The maximum absolute atomic E-state index is 9.50. The van der Waals surface area contributed by atoms with Crippen molar-refractivity contribution in [2.75, 3.05) is 44.2 Å². The second kappa shape index (κ2) is 8.53. The van der Waals surface area contributed by atoms with E-state index in [2.05, 4.69) is 25.3 Å². The zero-order chi connectivity index (χ0) is 25.0. The molecule has 0 unspecified atom stereocenters. The Hall–Kier alpha value is -2.55. The van der Waals surface area contributed by atoms with Gasteiger partial charge in [0, 0.05) is 30.0 Å². The zero-order valence-corrected chi connectivity index (χ0v) is 17.8. The van der Waals surface area contributed by atoms with Crippen LogP contribution in [0.1, 0.15) is 41.2 Å². The summed E-state index contributed by atoms with van der Waals surface area (Å²) in [5, 5.41) is 17.5. The number of rotatable bonds is 4. The number of aliphatic hydroxyl groups excluding tert-OH is 1. The van der Waals surface area contributed by atoms with Gasteiger partial charge in [-0.05, 0) is 68.9 Å². The summed E-state index contributed by atoms with van der Waals surface area (Å²) in [6.07, 6.45) is 1.89. The van der Waals surface area contributed by atoms with Crippen LogP contribution >= 0.6 is 0 Å². The van der Waals surface area contributed by atoms with Crippen LogP contribution in [0.5, 0.6) is 0 Å². The van der Waals surface area contributed by atoms with E-state index in [1.807, 2.05) is 32.0 Å². The van der Waals surface area contributed by atoms with E-state index in [4.69, 9.17) is 10.2 Å². The molecule has 1 aromatic carbocycles. The molecule has 5 rings (SSSR count). The standard InChI is InChI=1S/C23H30N6O2/c1-15-9-18-12-25-29(21(18)10-20(15)17-3-5-24-6-4-17)23-11-22(26-16(2)27-23)28-7-8-31-19(13-28)14-30/h9-12,17,19,24,30H,3-8,13-14H2,1-2H3/t19-/m1/s1/i5D2,6D2. The lowest BCUT2D eigenvalue weighted by atomic mass is 9.87. The smallest absolute Gasteiger partial charge is 0.159 e. The van der Waals surface area contributed by atoms with Gasteiger partial charge in [-0.15, -0.1) is 0 Å². The average Bonchev–Trinajstić information content (AvgIpc) is 3.18. The van der Waals surface area contributed by atoms with Crippen molar-refractivity contribution in [2.45, 2.75) is 38.7 Å². The summed E-state index contributed by atoms with van der Waals surface area (Å²) < 4.78 is 40.0. The van der Waals surface area contributed by atoms with Crippen molar-refractivity contribution in [3.63, 3.8) is 0 Å². The van der Waals surface area contributed by atoms with Gasteiger partial charge in [0.15, 0.2) is 5.82 Å². The maximum Gasteiger partial charge on any atom is 0.159 e. The second-order valence-electron chi connectivity index (χ2n) is 8.16. The van der Waals surface area contributed by atoms with Gasteiger partial charge in [0.1, 0.15) is 11.6 Å². The van der Waals surface area contributed by atoms with Crippen LogP contribution in [0.15, 0.2) is 24.4 Å². The lowest BCUT2D eigenvalue weighted by Gasteiger charge is -2.33. The Kier molecular flexibility index (Phi) is 4.44. The van der Waals surface area contributed by atoms with E-state index in [1.165, 1.54) is 0 Å². The number of aliphatic hydroxyl groups is 1. The predicted octanol–water partition coefficient (Wildman–Crippen LogP) is 2.10. The van der Waals surface area contributed by atoms with Crippen LogP contribution in [-0.4, -0.2) is 70.3 Å². The van der Waals surface area contributed by atoms with Crippen LogP contribution in [0, 0.1) is 13.8 Å². The lowest BCUT2D eigenvalue weighted by molar-refractivity contribution is 0.00335. The quantitative estimate of drug-likeness (QED) is 0.660. The molecule has 164 valence electrons. The van der Waals surface area contributed by atoms with Crippen molar-refractivity contribution in [1.29, 1.82) is 0 Å². The van der Waals surface area contributed by atoms with Crippen molar-refractivity contribution in [3.8, 4) is 5.82 Å². The first-order chi connectivity index (χ1) is 16.5. The largest absolute Gasteiger partial charge is 0.394 e. The summed E-state index contributed by atoms with van der Waals surface area (Å²) in [5.74, 6) is 1.67. The minimum Gasteiger partial charge on any atom is -0.394 e. The minimum absolute atomic E-state index is 0.0497. The molecule has 0 amide bonds. The third-order valence-electron chi connectivity index (χ3n) is 5.96. The van der Waals surface area contributed by atoms with Crippen LogP contribution in [0.3, 0.4) is 0 Å². The fourth-order valence-corrected chi connectivity index (χ4v) is 4.37. The molecule has 31 heavy (non-hydrogen) atoms. The number of morpholine rings is 1. The Labute approximate surface area is 187 Å². The molecule has 4 heterocycles. The Balaban J connectivity index is 1.54. The van der Waals surface area contributed by atoms with Crippen molar-refractivity contribution in [3.05, 3.63) is 41.3 Å². The minimum atomic E-state index is -1.79. The predicted molar refractivity (Wildman–Crippen MR) is 120 cm³/mol. The third kappa shape index (κ3) is 4.03. The van der Waals surface area contributed by atoms with Crippen molar-refractivity contribution in [1.82, 2.24) is 25.1 Å². The molecule has 0 spiro atoms. The van der Waals surface area contributed by atoms with Crippen LogP contribution < -0.4 is 10.2 Å². The number of piperidine rings is 1. The SMILES string of the molecule is [2H]C1([2H])CC(c2cc3c(cnn3-c3cc(N4CCO[C@@H](CO)C4)nc(C)n3)cc2C)CC([2H])([2H])N1. The molecule has 8 heteroatoms. The molecule has 3 aromatic rings. The molecule has 2 aliphatic heterocycles. The van der Waals surface area contributed by atoms with E-state index in [9.17, 15) is 5.11 Å². The highest BCUT2D eigenvalue weighted by atomic mass is 16.5. The molecule has 2 N–H and O–H groups in total. The fraction of sp³-hybridized carbons (Fsp3) is 0.522. The van der Waals surface area contributed by atoms with Crippen LogP contribution in [-0.2, 0) is 4.74 Å². The number of benzene rings is 1. The molecular formula is C23H30N6O2. The number of fused-ring (bicyclic) bond motifs is 1. The maximum atomic E-state index is 9.50. The topological polar surface area (TPSA) is 88.3 Å². The van der Waals surface area contributed by atoms with Gasteiger partial charge >= 0.3 is 0 Å². The van der Waals surface area contributed by atoms with Gasteiger partial charge in [-0.2, -0.15) is 5.10 Å². The van der Waals surface area contributed by atoms with Crippen LogP contribution in [0.2, 0.25) is 0 Å². The molecule has 0 radical (unpaired) electrons. The summed E-state index contributed by atoms with van der Waals surface area (Å²) >= 11 is 0. The summed E-state index contributed by atoms with van der Waals surface area (Å²) in [6.45, 7) is 1.87. The normalized spacial score (nSPS) is 25.6. The molecule has 2 aromatic heterocycles. The Morgan fingerprint density at radius 1 is 1.19 bits per heavy atom. The second-order valence-corrected chi connectivity index (χ2v) is 8.16. The van der Waals surface area contributed by atoms with Gasteiger partial charge in [-0.25, -0.2) is 14.6 Å². The number of nitrogens with zero attached hydrogens (tertiary/aromatic N) is 5. The van der Waals surface area contributed by atoms with Crippen LogP contribution in [0.25, 0.3) is 16.7 Å². The summed E-state index contributed by atoms with van der Waals surface area (Å²) in [7, 11) is 0. The molecule has 0 aliphatic carbocycles. The highest BCUT2D eigenvalue weighted by Gasteiger charge is 2.23. The number of hydrogen-bond acceptors (Lipinski definition) is 7. The molecule has 1 atom stereocenters. The van der Waals surface area contributed by atoms with Gasteiger partial charge < -0.3 is 20.1 Å². The molecular weight excluding hydrogens is 392 g/mol. The Bertz CT molecular complexity index is 1230. The van der Waals surface area contributed by atoms with Crippen molar-refractivity contribution < 1.29 is 15.3 Å². The average molecular weight is 427 g/mol. The first kappa shape index (κ1) is 16.1. The third-order valence-corrected chi connectivity index (χ3v) is 5.96. The van der Waals surface area contributed by atoms with Gasteiger partial charge in [0.2, 0.25) is 0 Å². The van der Waals surface area contributed by atoms with Gasteiger partial charge in [-0.1, -0.05) is 0 Å². The summed E-state index contributed by atoms with van der Waals surface area (Å²) in [5.41, 5.74) is 2.72. The molecule has 8 nitrogen and oxygen atoms in total. The van der Waals surface area contributed by atoms with Crippen molar-refractivity contribution >= 4 is 16.7 Å². The van der Waals surface area contributed by atoms with E-state index in [1.54, 1.807) is 10.9 Å². The number of anilines is 1. The van der Waals surface area contributed by atoms with Crippen LogP contribution in [0.4, 0.5) is 5.82 Å². The number of aromatic nitrogens is 4. The lowest BCUT2D eigenvalue weighted by Crippen LogP contribution is -2.44. The fourth-order valence-electron chi connectivity index (χ4n) is 4.37. The first-order valence-corrected chi connectivity index (χ1v) is 10.6. The van der Waals surface area contributed by atoms with E-state index in [0.717, 1.165) is 27.8 Å². The number of nitrogens with one attached hydrogen (secondary N) is 1. The molecule has 2 fully saturated rings. The van der Waals surface area contributed by atoms with Gasteiger partial charge in [0.05, 0.1) is 31.0 Å². The monoisotopic (exact) mass is 426 g/mol. The van der Waals surface area contributed by atoms with Gasteiger partial charge in [-0.3, -0.25) is 0 Å². The molecule has 2 aliphatic rings. The summed E-state index contributed by atoms with van der Waals surface area (Å²) in [6, 6.07) is 5.89. The number of aryl methyl sites for hydroxylation is 2. The first-order valence-electron chi connectivity index (χ1n) is 12.6. The van der Waals surface area contributed by atoms with E-state index in [0.29, 0.717) is 31.3 Å². The van der Waals surface area contributed by atoms with E-state index < -0.39 is 13.0 Å².